The van der Waals surface area contributed by atoms with Crippen molar-refractivity contribution in [2.45, 2.75) is 25.8 Å². The Morgan fingerprint density at radius 2 is 1.81 bits per heavy atom. The van der Waals surface area contributed by atoms with Gasteiger partial charge in [-0.3, -0.25) is 4.99 Å². The molecular weight excluding hydrogens is 258 g/mol. The zero-order chi connectivity index (χ0) is 14.1. The minimum atomic E-state index is 0.798. The Morgan fingerprint density at radius 3 is 2.71 bits per heavy atom. The van der Waals surface area contributed by atoms with Gasteiger partial charge in [0.25, 0.3) is 0 Å². The van der Waals surface area contributed by atoms with Gasteiger partial charge in [-0.2, -0.15) is 0 Å². The van der Waals surface area contributed by atoms with Gasteiger partial charge >= 0.3 is 0 Å². The molecule has 2 aliphatic rings. The molecule has 0 amide bonds. The molecule has 3 heterocycles. The first kappa shape index (κ1) is 12.6. The molecule has 2 aliphatic heterocycles. The molecule has 0 saturated carbocycles. The highest BCUT2D eigenvalue weighted by Crippen LogP contribution is 2.25. The van der Waals surface area contributed by atoms with Gasteiger partial charge in [0.1, 0.15) is 5.82 Å². The van der Waals surface area contributed by atoms with Gasteiger partial charge in [0, 0.05) is 30.4 Å². The molecule has 0 spiro atoms. The lowest BCUT2D eigenvalue weighted by Gasteiger charge is -2.27. The van der Waals surface area contributed by atoms with Crippen LogP contribution in [0.15, 0.2) is 47.6 Å². The van der Waals surface area contributed by atoms with E-state index in [0.717, 1.165) is 31.2 Å². The first-order valence-corrected chi connectivity index (χ1v) is 7.76. The van der Waals surface area contributed by atoms with Crippen molar-refractivity contribution >= 4 is 11.5 Å². The molecule has 0 unspecified atom stereocenters. The lowest BCUT2D eigenvalue weighted by atomic mass is 10.0. The Hall–Kier alpha value is -2.16. The Kier molecular flexibility index (Phi) is 3.18. The third-order valence-corrected chi connectivity index (χ3v) is 4.38. The summed E-state index contributed by atoms with van der Waals surface area (Å²) in [5, 5.41) is 0. The smallest absolute Gasteiger partial charge is 0.129 e. The molecule has 2 aromatic rings. The van der Waals surface area contributed by atoms with Crippen molar-refractivity contribution in [1.29, 1.82) is 0 Å². The second-order valence-electron chi connectivity index (χ2n) is 5.77. The van der Waals surface area contributed by atoms with Gasteiger partial charge in [-0.05, 0) is 37.0 Å². The molecule has 1 saturated heterocycles. The first-order chi connectivity index (χ1) is 10.4. The standard InChI is InChI=1S/C18H19N3/c1-4-10-21(11-5-1)17-12-14(8-9-19-17)18-16-7-3-2-6-15(16)13-20-18/h2-3,6-9,12H,1,4-5,10-11,13H2. The van der Waals surface area contributed by atoms with E-state index >= 15 is 0 Å². The maximum absolute atomic E-state index is 4.73. The maximum Gasteiger partial charge on any atom is 0.129 e. The van der Waals surface area contributed by atoms with E-state index in [1.54, 1.807) is 0 Å². The summed E-state index contributed by atoms with van der Waals surface area (Å²) in [5.41, 5.74) is 4.90. The third-order valence-electron chi connectivity index (χ3n) is 4.38. The molecule has 106 valence electrons. The number of hydrogen-bond acceptors (Lipinski definition) is 3. The highest BCUT2D eigenvalue weighted by atomic mass is 15.2. The highest BCUT2D eigenvalue weighted by Gasteiger charge is 2.18. The van der Waals surface area contributed by atoms with E-state index in [1.807, 2.05) is 6.20 Å². The fraction of sp³-hybridized carbons (Fsp3) is 0.333. The van der Waals surface area contributed by atoms with Gasteiger partial charge in [0.05, 0.1) is 12.3 Å². The van der Waals surface area contributed by atoms with Crippen LogP contribution in [0.25, 0.3) is 0 Å². The lowest BCUT2D eigenvalue weighted by Crippen LogP contribution is -2.30. The van der Waals surface area contributed by atoms with Crippen LogP contribution in [0.1, 0.15) is 36.0 Å². The number of aromatic nitrogens is 1. The molecule has 4 rings (SSSR count). The summed E-state index contributed by atoms with van der Waals surface area (Å²) in [5.74, 6) is 1.10. The van der Waals surface area contributed by atoms with Crippen LogP contribution in [0.3, 0.4) is 0 Å². The molecule has 0 N–H and O–H groups in total. The minimum Gasteiger partial charge on any atom is -0.357 e. The first-order valence-electron chi connectivity index (χ1n) is 7.76. The molecule has 1 aromatic heterocycles. The van der Waals surface area contributed by atoms with Crippen molar-refractivity contribution in [3.05, 3.63) is 59.3 Å². The summed E-state index contributed by atoms with van der Waals surface area (Å²) in [4.78, 5) is 11.7. The van der Waals surface area contributed by atoms with Crippen molar-refractivity contribution < 1.29 is 0 Å². The van der Waals surface area contributed by atoms with Crippen molar-refractivity contribution in [1.82, 2.24) is 4.98 Å². The summed E-state index contributed by atoms with van der Waals surface area (Å²) in [6.45, 7) is 3.05. The summed E-state index contributed by atoms with van der Waals surface area (Å²) in [6, 6.07) is 12.8. The molecule has 0 radical (unpaired) electrons. The predicted octanol–water partition coefficient (Wildman–Crippen LogP) is 3.42. The third kappa shape index (κ3) is 2.33. The number of nitrogens with zero attached hydrogens (tertiary/aromatic N) is 3. The van der Waals surface area contributed by atoms with Crippen LogP contribution >= 0.6 is 0 Å². The van der Waals surface area contributed by atoms with E-state index in [1.165, 1.54) is 36.0 Å². The number of fused-ring (bicyclic) bond motifs is 1. The van der Waals surface area contributed by atoms with Crippen molar-refractivity contribution in [3.63, 3.8) is 0 Å². The van der Waals surface area contributed by atoms with Crippen LogP contribution in [0, 0.1) is 0 Å². The zero-order valence-electron chi connectivity index (χ0n) is 12.1. The minimum absolute atomic E-state index is 0.798. The Balaban J connectivity index is 1.67. The molecule has 1 aromatic carbocycles. The molecule has 3 heteroatoms. The van der Waals surface area contributed by atoms with Gasteiger partial charge in [-0.1, -0.05) is 24.3 Å². The predicted molar refractivity (Wildman–Crippen MR) is 86.1 cm³/mol. The Labute approximate surface area is 125 Å². The molecule has 0 aliphatic carbocycles. The Bertz CT molecular complexity index is 684. The van der Waals surface area contributed by atoms with E-state index in [9.17, 15) is 0 Å². The van der Waals surface area contributed by atoms with Crippen LogP contribution in [0.2, 0.25) is 0 Å². The van der Waals surface area contributed by atoms with Crippen molar-refractivity contribution in [2.24, 2.45) is 4.99 Å². The summed E-state index contributed by atoms with van der Waals surface area (Å²) >= 11 is 0. The van der Waals surface area contributed by atoms with Gasteiger partial charge in [-0.15, -0.1) is 0 Å². The quantitative estimate of drug-likeness (QED) is 0.841. The van der Waals surface area contributed by atoms with Crippen LogP contribution in [-0.2, 0) is 6.54 Å². The molecule has 3 nitrogen and oxygen atoms in total. The van der Waals surface area contributed by atoms with Crippen LogP contribution in [0.5, 0.6) is 0 Å². The maximum atomic E-state index is 4.73. The lowest BCUT2D eigenvalue weighted by molar-refractivity contribution is 0.573. The van der Waals surface area contributed by atoms with E-state index in [4.69, 9.17) is 4.99 Å². The topological polar surface area (TPSA) is 28.5 Å². The normalized spacial score (nSPS) is 17.5. The number of aliphatic imine (C=N–C) groups is 1. The molecule has 21 heavy (non-hydrogen) atoms. The molecule has 1 fully saturated rings. The van der Waals surface area contributed by atoms with E-state index < -0.39 is 0 Å². The van der Waals surface area contributed by atoms with Crippen molar-refractivity contribution in [3.8, 4) is 0 Å². The number of piperidine rings is 1. The van der Waals surface area contributed by atoms with E-state index in [2.05, 4.69) is 46.3 Å². The number of rotatable bonds is 2. The highest BCUT2D eigenvalue weighted by molar-refractivity contribution is 6.15. The summed E-state index contributed by atoms with van der Waals surface area (Å²) in [7, 11) is 0. The second-order valence-corrected chi connectivity index (χ2v) is 5.77. The molecule has 0 atom stereocenters. The monoisotopic (exact) mass is 277 g/mol. The number of hydrogen-bond donors (Lipinski definition) is 0. The Morgan fingerprint density at radius 1 is 0.952 bits per heavy atom. The summed E-state index contributed by atoms with van der Waals surface area (Å²) in [6.07, 6.45) is 5.81. The van der Waals surface area contributed by atoms with E-state index in [-0.39, 0.29) is 0 Å². The van der Waals surface area contributed by atoms with E-state index in [0.29, 0.717) is 0 Å². The summed E-state index contributed by atoms with van der Waals surface area (Å²) < 4.78 is 0. The van der Waals surface area contributed by atoms with Gasteiger partial charge in [0.15, 0.2) is 0 Å². The number of anilines is 1. The second kappa shape index (κ2) is 5.32. The van der Waals surface area contributed by atoms with Crippen LogP contribution in [0.4, 0.5) is 5.82 Å². The number of pyridine rings is 1. The zero-order valence-corrected chi connectivity index (χ0v) is 12.1. The SMILES string of the molecule is c1ccc2c(c1)CN=C2c1ccnc(N2CCCCC2)c1. The van der Waals surface area contributed by atoms with Gasteiger partial charge in [0.2, 0.25) is 0 Å². The fourth-order valence-electron chi connectivity index (χ4n) is 3.25. The van der Waals surface area contributed by atoms with Gasteiger partial charge in [-0.25, -0.2) is 4.98 Å². The largest absolute Gasteiger partial charge is 0.357 e. The average molecular weight is 277 g/mol. The van der Waals surface area contributed by atoms with Gasteiger partial charge < -0.3 is 4.90 Å². The van der Waals surface area contributed by atoms with Crippen molar-refractivity contribution in [2.75, 3.05) is 18.0 Å². The fourth-order valence-corrected chi connectivity index (χ4v) is 3.25. The van der Waals surface area contributed by atoms with Crippen LogP contribution < -0.4 is 4.90 Å². The molecule has 0 bridgehead atoms. The molecular formula is C18H19N3. The number of benzene rings is 1. The van der Waals surface area contributed by atoms with Crippen LogP contribution in [-0.4, -0.2) is 23.8 Å². The average Bonchev–Trinajstić information content (AvgIpc) is 3.00.